The predicted octanol–water partition coefficient (Wildman–Crippen LogP) is 3.59. The molecule has 0 aromatic heterocycles. The van der Waals surface area contributed by atoms with Crippen molar-refractivity contribution in [2.24, 2.45) is 4.99 Å². The van der Waals surface area contributed by atoms with Crippen LogP contribution < -0.4 is 9.47 Å². The molecule has 0 heterocycles. The highest BCUT2D eigenvalue weighted by Crippen LogP contribution is 2.29. The van der Waals surface area contributed by atoms with Crippen LogP contribution in [0.3, 0.4) is 0 Å². The molecule has 2 rings (SSSR count). The van der Waals surface area contributed by atoms with E-state index in [1.165, 1.54) is 25.3 Å². The molecule has 0 spiro atoms. The second-order valence-corrected chi connectivity index (χ2v) is 3.60. The second-order valence-electron chi connectivity index (χ2n) is 3.60. The van der Waals surface area contributed by atoms with Crippen molar-refractivity contribution in [3.8, 4) is 17.2 Å². The molecule has 2 aromatic carbocycles. The fourth-order valence-electron chi connectivity index (χ4n) is 1.49. The molecule has 5 heteroatoms. The molecule has 0 bridgehead atoms. The van der Waals surface area contributed by atoms with E-state index >= 15 is 0 Å². The van der Waals surface area contributed by atoms with Crippen molar-refractivity contribution in [1.82, 2.24) is 0 Å². The molecule has 0 fully saturated rings. The number of nitrogens with zero attached hydrogens (tertiary/aromatic N) is 1. The van der Waals surface area contributed by atoms with Gasteiger partial charge >= 0.3 is 0 Å². The molecule has 0 unspecified atom stereocenters. The Bertz CT molecular complexity index is 636. The van der Waals surface area contributed by atoms with Crippen LogP contribution in [0.2, 0.25) is 0 Å². The molecule has 0 saturated heterocycles. The number of ether oxygens (including phenoxy) is 2. The number of hydrogen-bond acceptors (Lipinski definition) is 4. The van der Waals surface area contributed by atoms with E-state index in [4.69, 9.17) is 9.47 Å². The van der Waals surface area contributed by atoms with Gasteiger partial charge in [-0.3, -0.25) is 0 Å². The maximum atomic E-state index is 13.7. The first-order valence-electron chi connectivity index (χ1n) is 5.42. The highest BCUT2D eigenvalue weighted by Gasteiger charge is 2.06. The van der Waals surface area contributed by atoms with Crippen LogP contribution in [0.5, 0.6) is 17.2 Å². The Morgan fingerprint density at radius 2 is 1.95 bits per heavy atom. The number of hydrogen-bond donors (Lipinski definition) is 0. The van der Waals surface area contributed by atoms with Gasteiger partial charge in [0.1, 0.15) is 11.5 Å². The van der Waals surface area contributed by atoms with E-state index in [2.05, 4.69) is 4.99 Å². The van der Waals surface area contributed by atoms with Crippen LogP contribution in [0, 0.1) is 5.82 Å². The number of rotatable bonds is 4. The average molecular weight is 259 g/mol. The van der Waals surface area contributed by atoms with Crippen LogP contribution in [0.1, 0.15) is 0 Å². The second kappa shape index (κ2) is 5.80. The van der Waals surface area contributed by atoms with E-state index in [0.29, 0.717) is 11.5 Å². The maximum Gasteiger partial charge on any atom is 0.240 e. The average Bonchev–Trinajstić information content (AvgIpc) is 2.42. The SMILES string of the molecule is COc1cccc(Oc2ccc(N=C=O)cc2F)c1. The lowest BCUT2D eigenvalue weighted by Crippen LogP contribution is -1.89. The summed E-state index contributed by atoms with van der Waals surface area (Å²) in [7, 11) is 1.53. The van der Waals surface area contributed by atoms with Crippen LogP contribution >= 0.6 is 0 Å². The third-order valence-electron chi connectivity index (χ3n) is 2.36. The molecule has 0 N–H and O–H groups in total. The normalized spacial score (nSPS) is 9.58. The lowest BCUT2D eigenvalue weighted by Gasteiger charge is -2.08. The summed E-state index contributed by atoms with van der Waals surface area (Å²) in [6.07, 6.45) is 1.35. The van der Waals surface area contributed by atoms with Crippen molar-refractivity contribution >= 4 is 11.8 Å². The highest BCUT2D eigenvalue weighted by atomic mass is 19.1. The molecule has 0 radical (unpaired) electrons. The lowest BCUT2D eigenvalue weighted by atomic mass is 10.3. The van der Waals surface area contributed by atoms with Crippen molar-refractivity contribution < 1.29 is 18.7 Å². The largest absolute Gasteiger partial charge is 0.497 e. The van der Waals surface area contributed by atoms with E-state index in [-0.39, 0.29) is 11.4 Å². The van der Waals surface area contributed by atoms with Gasteiger partial charge in [-0.15, -0.1) is 0 Å². The summed E-state index contributed by atoms with van der Waals surface area (Å²) < 4.78 is 24.1. The quantitative estimate of drug-likeness (QED) is 0.622. The number of methoxy groups -OCH3 is 1. The Morgan fingerprint density at radius 1 is 1.16 bits per heavy atom. The summed E-state index contributed by atoms with van der Waals surface area (Å²) in [6, 6.07) is 10.8. The first-order chi connectivity index (χ1) is 9.22. The van der Waals surface area contributed by atoms with Crippen molar-refractivity contribution in [2.45, 2.75) is 0 Å². The number of isocyanates is 1. The standard InChI is InChI=1S/C14H10FNO3/c1-18-11-3-2-4-12(8-11)19-14-6-5-10(16-9-17)7-13(14)15/h2-8H,1H3. The monoisotopic (exact) mass is 259 g/mol. The number of carbonyl (C=O) groups excluding carboxylic acids is 1. The van der Waals surface area contributed by atoms with Crippen LogP contribution in [0.15, 0.2) is 47.5 Å². The third-order valence-corrected chi connectivity index (χ3v) is 2.36. The predicted molar refractivity (Wildman–Crippen MR) is 67.2 cm³/mol. The van der Waals surface area contributed by atoms with Crippen molar-refractivity contribution in [3.05, 3.63) is 48.3 Å². The molecule has 0 amide bonds. The molecule has 2 aromatic rings. The fourth-order valence-corrected chi connectivity index (χ4v) is 1.49. The van der Waals surface area contributed by atoms with E-state index < -0.39 is 5.82 Å². The topological polar surface area (TPSA) is 47.9 Å². The van der Waals surface area contributed by atoms with Gasteiger partial charge in [0.05, 0.1) is 12.8 Å². The van der Waals surface area contributed by atoms with E-state index in [0.717, 1.165) is 6.07 Å². The van der Waals surface area contributed by atoms with Crippen molar-refractivity contribution in [3.63, 3.8) is 0 Å². The summed E-state index contributed by atoms with van der Waals surface area (Å²) in [6.45, 7) is 0. The summed E-state index contributed by atoms with van der Waals surface area (Å²) >= 11 is 0. The van der Waals surface area contributed by atoms with Crippen molar-refractivity contribution in [1.29, 1.82) is 0 Å². The number of benzene rings is 2. The first kappa shape index (κ1) is 12.8. The Labute approximate surface area is 109 Å². The van der Waals surface area contributed by atoms with Gasteiger partial charge in [-0.05, 0) is 24.3 Å². The summed E-state index contributed by atoms with van der Waals surface area (Å²) in [4.78, 5) is 13.4. The van der Waals surface area contributed by atoms with Gasteiger partial charge < -0.3 is 9.47 Å². The Hall–Kier alpha value is -2.65. The molecule has 4 nitrogen and oxygen atoms in total. The lowest BCUT2D eigenvalue weighted by molar-refractivity contribution is 0.405. The van der Waals surface area contributed by atoms with E-state index in [1.54, 1.807) is 24.3 Å². The molecule has 0 saturated carbocycles. The number of halogens is 1. The maximum absolute atomic E-state index is 13.7. The van der Waals surface area contributed by atoms with E-state index in [1.807, 2.05) is 0 Å². The number of aliphatic imine (C=N–C) groups is 1. The Morgan fingerprint density at radius 3 is 2.63 bits per heavy atom. The van der Waals surface area contributed by atoms with Crippen LogP contribution in [0.4, 0.5) is 10.1 Å². The first-order valence-corrected chi connectivity index (χ1v) is 5.42. The van der Waals surface area contributed by atoms with Gasteiger partial charge in [-0.2, -0.15) is 4.99 Å². The third kappa shape index (κ3) is 3.18. The zero-order valence-corrected chi connectivity index (χ0v) is 10.1. The van der Waals surface area contributed by atoms with Crippen molar-refractivity contribution in [2.75, 3.05) is 7.11 Å². The summed E-state index contributed by atoms with van der Waals surface area (Å²) in [5.41, 5.74) is 0.186. The highest BCUT2D eigenvalue weighted by molar-refractivity contribution is 5.51. The van der Waals surface area contributed by atoms with Crippen LogP contribution in [0.25, 0.3) is 0 Å². The minimum Gasteiger partial charge on any atom is -0.497 e. The molecule has 0 aliphatic heterocycles. The van der Waals surface area contributed by atoms with E-state index in [9.17, 15) is 9.18 Å². The molecule has 0 aliphatic carbocycles. The molecule has 19 heavy (non-hydrogen) atoms. The minimum absolute atomic E-state index is 0.0399. The molecule has 96 valence electrons. The van der Waals surface area contributed by atoms with Crippen LogP contribution in [-0.2, 0) is 4.79 Å². The molecule has 0 aliphatic rings. The van der Waals surface area contributed by atoms with Gasteiger partial charge in [0.25, 0.3) is 0 Å². The van der Waals surface area contributed by atoms with Gasteiger partial charge in [0.15, 0.2) is 11.6 Å². The Kier molecular flexibility index (Phi) is 3.90. The van der Waals surface area contributed by atoms with Gasteiger partial charge in [0, 0.05) is 12.1 Å². The van der Waals surface area contributed by atoms with Gasteiger partial charge in [0.2, 0.25) is 6.08 Å². The molecular formula is C14H10FNO3. The van der Waals surface area contributed by atoms with Gasteiger partial charge in [-0.1, -0.05) is 6.07 Å². The zero-order chi connectivity index (χ0) is 13.7. The van der Waals surface area contributed by atoms with Crippen LogP contribution in [-0.4, -0.2) is 13.2 Å². The molecule has 0 atom stereocenters. The summed E-state index contributed by atoms with van der Waals surface area (Å²) in [5, 5.41) is 0. The molecular weight excluding hydrogens is 249 g/mol. The van der Waals surface area contributed by atoms with Gasteiger partial charge in [-0.25, -0.2) is 9.18 Å². The Balaban J connectivity index is 2.25. The fraction of sp³-hybridized carbons (Fsp3) is 0.0714. The smallest absolute Gasteiger partial charge is 0.240 e. The minimum atomic E-state index is -0.612. The zero-order valence-electron chi connectivity index (χ0n) is 10.1. The summed E-state index contributed by atoms with van der Waals surface area (Å²) in [5.74, 6) is 0.488.